The number of amides is 1. The Bertz CT molecular complexity index is 960. The van der Waals surface area contributed by atoms with Crippen LogP contribution in [0.1, 0.15) is 34.5 Å². The summed E-state index contributed by atoms with van der Waals surface area (Å²) in [5.41, 5.74) is 4.15. The molecule has 144 valence electrons. The first-order chi connectivity index (χ1) is 13.6. The van der Waals surface area contributed by atoms with Crippen molar-refractivity contribution in [1.82, 2.24) is 15.1 Å². The van der Waals surface area contributed by atoms with Gasteiger partial charge in [-0.3, -0.25) is 4.79 Å². The molecule has 28 heavy (non-hydrogen) atoms. The van der Waals surface area contributed by atoms with Gasteiger partial charge in [-0.2, -0.15) is 5.10 Å². The van der Waals surface area contributed by atoms with E-state index in [4.69, 9.17) is 11.6 Å². The molecule has 0 unspecified atom stereocenters. The maximum Gasteiger partial charge on any atom is 0.256 e. The number of benzene rings is 2. The third-order valence-electron chi connectivity index (χ3n) is 5.09. The minimum atomic E-state index is -0.215. The van der Waals surface area contributed by atoms with Crippen LogP contribution in [0.25, 0.3) is 5.69 Å². The number of anilines is 1. The highest BCUT2D eigenvalue weighted by Gasteiger charge is 2.21. The summed E-state index contributed by atoms with van der Waals surface area (Å²) in [6.07, 6.45) is 2.52. The van der Waals surface area contributed by atoms with E-state index in [0.29, 0.717) is 23.0 Å². The molecule has 3 aromatic rings. The fourth-order valence-corrected chi connectivity index (χ4v) is 3.93. The number of nitrogens with one attached hydrogen (secondary N) is 1. The molecule has 0 saturated carbocycles. The maximum absolute atomic E-state index is 12.7. The number of aryl methyl sites for hydroxylation is 1. The predicted molar refractivity (Wildman–Crippen MR) is 112 cm³/mol. The number of nitrogens with zero attached hydrogens (tertiary/aromatic N) is 3. The zero-order valence-corrected chi connectivity index (χ0v) is 16.6. The molecule has 2 heterocycles. The van der Waals surface area contributed by atoms with Crippen LogP contribution in [0.5, 0.6) is 0 Å². The summed E-state index contributed by atoms with van der Waals surface area (Å²) >= 11 is 6.47. The lowest BCUT2D eigenvalue weighted by atomic mass is 10.2. The summed E-state index contributed by atoms with van der Waals surface area (Å²) in [4.78, 5) is 15.1. The predicted octanol–water partition coefficient (Wildman–Crippen LogP) is 4.36. The molecular formula is C22H23ClN4O. The molecule has 1 amide bonds. The Morgan fingerprint density at radius 3 is 2.39 bits per heavy atom. The van der Waals surface area contributed by atoms with E-state index >= 15 is 0 Å². The van der Waals surface area contributed by atoms with Crippen LogP contribution in [-0.2, 0) is 6.54 Å². The highest BCUT2D eigenvalue weighted by Crippen LogP contribution is 2.24. The van der Waals surface area contributed by atoms with Crippen LogP contribution < -0.4 is 10.2 Å². The lowest BCUT2D eigenvalue weighted by Crippen LogP contribution is -2.23. The number of para-hydroxylation sites is 1. The average molecular weight is 395 g/mol. The van der Waals surface area contributed by atoms with Crippen LogP contribution in [0.4, 0.5) is 5.69 Å². The molecule has 0 aliphatic carbocycles. The maximum atomic E-state index is 12.7. The van der Waals surface area contributed by atoms with Crippen LogP contribution in [0.15, 0.2) is 54.6 Å². The van der Waals surface area contributed by atoms with Crippen molar-refractivity contribution in [3.63, 3.8) is 0 Å². The van der Waals surface area contributed by atoms with Crippen LogP contribution in [0.2, 0.25) is 5.15 Å². The average Bonchev–Trinajstić information content (AvgIpc) is 3.35. The number of aromatic nitrogens is 2. The second-order valence-corrected chi connectivity index (χ2v) is 7.40. The molecule has 6 heteroatoms. The number of hydrogen-bond donors (Lipinski definition) is 1. The Kier molecular flexibility index (Phi) is 5.35. The Hall–Kier alpha value is -2.79. The summed E-state index contributed by atoms with van der Waals surface area (Å²) in [7, 11) is 0. The van der Waals surface area contributed by atoms with Gasteiger partial charge in [0.25, 0.3) is 5.91 Å². The van der Waals surface area contributed by atoms with E-state index in [1.807, 2.05) is 30.3 Å². The molecule has 1 aliphatic heterocycles. The van der Waals surface area contributed by atoms with Crippen LogP contribution in [0.3, 0.4) is 0 Å². The number of carbonyl (C=O) groups excluding carboxylic acids is 1. The van der Waals surface area contributed by atoms with Crippen LogP contribution in [0, 0.1) is 6.92 Å². The summed E-state index contributed by atoms with van der Waals surface area (Å²) in [6, 6.07) is 17.9. The second-order valence-electron chi connectivity index (χ2n) is 7.04. The van der Waals surface area contributed by atoms with E-state index in [-0.39, 0.29) is 5.91 Å². The molecule has 2 aromatic carbocycles. The van der Waals surface area contributed by atoms with E-state index in [9.17, 15) is 4.79 Å². The normalized spacial score (nSPS) is 13.7. The van der Waals surface area contributed by atoms with Gasteiger partial charge < -0.3 is 10.2 Å². The lowest BCUT2D eigenvalue weighted by Gasteiger charge is -2.17. The molecular weight excluding hydrogens is 372 g/mol. The SMILES string of the molecule is Cc1nn(-c2ccccc2)c(Cl)c1C(=O)NCc1ccc(N2CCCC2)cc1. The van der Waals surface area contributed by atoms with Gasteiger partial charge in [-0.15, -0.1) is 0 Å². The molecule has 0 bridgehead atoms. The molecule has 0 spiro atoms. The van der Waals surface area contributed by atoms with Gasteiger partial charge in [0.1, 0.15) is 5.15 Å². The van der Waals surface area contributed by atoms with E-state index < -0.39 is 0 Å². The monoisotopic (exact) mass is 394 g/mol. The van der Waals surface area contributed by atoms with Gasteiger partial charge in [0, 0.05) is 25.3 Å². The summed E-state index contributed by atoms with van der Waals surface area (Å²) in [6.45, 7) is 4.50. The standard InChI is InChI=1S/C22H23ClN4O/c1-16-20(21(23)27(25-16)19-7-3-2-4-8-19)22(28)24-15-17-9-11-18(12-10-17)26-13-5-6-14-26/h2-4,7-12H,5-6,13-15H2,1H3,(H,24,28). The van der Waals surface area contributed by atoms with Gasteiger partial charge in [-0.1, -0.05) is 41.9 Å². The molecule has 0 radical (unpaired) electrons. The Morgan fingerprint density at radius 2 is 1.71 bits per heavy atom. The Labute approximate surface area is 169 Å². The fourth-order valence-electron chi connectivity index (χ4n) is 3.57. The highest BCUT2D eigenvalue weighted by molar-refractivity contribution is 6.33. The quantitative estimate of drug-likeness (QED) is 0.699. The van der Waals surface area contributed by atoms with Crippen molar-refractivity contribution in [2.45, 2.75) is 26.3 Å². The third kappa shape index (κ3) is 3.76. The lowest BCUT2D eigenvalue weighted by molar-refractivity contribution is 0.0950. The summed E-state index contributed by atoms with van der Waals surface area (Å²) in [5.74, 6) is -0.215. The van der Waals surface area contributed by atoms with Crippen LogP contribution >= 0.6 is 11.6 Å². The Morgan fingerprint density at radius 1 is 1.04 bits per heavy atom. The zero-order chi connectivity index (χ0) is 19.5. The van der Waals surface area contributed by atoms with E-state index in [0.717, 1.165) is 24.3 Å². The third-order valence-corrected chi connectivity index (χ3v) is 5.44. The van der Waals surface area contributed by atoms with E-state index in [1.54, 1.807) is 11.6 Å². The summed E-state index contributed by atoms with van der Waals surface area (Å²) in [5, 5.41) is 7.72. The van der Waals surface area contributed by atoms with Crippen molar-refractivity contribution in [3.05, 3.63) is 76.6 Å². The minimum Gasteiger partial charge on any atom is -0.372 e. The molecule has 0 atom stereocenters. The number of rotatable bonds is 5. The van der Waals surface area contributed by atoms with Gasteiger partial charge >= 0.3 is 0 Å². The largest absolute Gasteiger partial charge is 0.372 e. The number of hydrogen-bond acceptors (Lipinski definition) is 3. The van der Waals surface area contributed by atoms with Crippen molar-refractivity contribution in [2.24, 2.45) is 0 Å². The molecule has 1 saturated heterocycles. The molecule has 1 aliphatic rings. The molecule has 1 aromatic heterocycles. The number of halogens is 1. The van der Waals surface area contributed by atoms with E-state index in [1.165, 1.54) is 18.5 Å². The zero-order valence-electron chi connectivity index (χ0n) is 15.9. The van der Waals surface area contributed by atoms with Gasteiger partial charge in [0.05, 0.1) is 16.9 Å². The Balaban J connectivity index is 1.45. The summed E-state index contributed by atoms with van der Waals surface area (Å²) < 4.78 is 1.59. The van der Waals surface area contributed by atoms with Crippen molar-refractivity contribution < 1.29 is 4.79 Å². The number of carbonyl (C=O) groups is 1. The second kappa shape index (κ2) is 8.07. The van der Waals surface area contributed by atoms with Crippen molar-refractivity contribution >= 4 is 23.2 Å². The molecule has 5 nitrogen and oxygen atoms in total. The first-order valence-electron chi connectivity index (χ1n) is 9.56. The topological polar surface area (TPSA) is 50.2 Å². The van der Waals surface area contributed by atoms with Gasteiger partial charge in [0.15, 0.2) is 0 Å². The first kappa shape index (κ1) is 18.6. The van der Waals surface area contributed by atoms with Crippen molar-refractivity contribution in [3.8, 4) is 5.69 Å². The van der Waals surface area contributed by atoms with Crippen molar-refractivity contribution in [1.29, 1.82) is 0 Å². The smallest absolute Gasteiger partial charge is 0.256 e. The highest BCUT2D eigenvalue weighted by atomic mass is 35.5. The molecule has 4 rings (SSSR count). The fraction of sp³-hybridized carbons (Fsp3) is 0.273. The van der Waals surface area contributed by atoms with Crippen LogP contribution in [-0.4, -0.2) is 28.8 Å². The van der Waals surface area contributed by atoms with Crippen molar-refractivity contribution in [2.75, 3.05) is 18.0 Å². The van der Waals surface area contributed by atoms with Gasteiger partial charge in [-0.25, -0.2) is 4.68 Å². The molecule has 1 N–H and O–H groups in total. The van der Waals surface area contributed by atoms with Gasteiger partial charge in [0.2, 0.25) is 0 Å². The van der Waals surface area contributed by atoms with Gasteiger partial charge in [-0.05, 0) is 49.6 Å². The first-order valence-corrected chi connectivity index (χ1v) is 9.94. The van der Waals surface area contributed by atoms with E-state index in [2.05, 4.69) is 39.6 Å². The minimum absolute atomic E-state index is 0.215. The molecule has 1 fully saturated rings.